The zero-order valence-electron chi connectivity index (χ0n) is 18.2. The molecule has 5 rings (SSSR count). The molecule has 0 spiro atoms. The number of carboxylic acid groups (broad SMARTS) is 1. The van der Waals surface area contributed by atoms with Gasteiger partial charge in [0.1, 0.15) is 11.4 Å². The molecule has 0 radical (unpaired) electrons. The first-order valence-electron chi connectivity index (χ1n) is 11.2. The van der Waals surface area contributed by atoms with Crippen LogP contribution in [0.25, 0.3) is 22.6 Å². The Bertz CT molecular complexity index is 1180. The molecular weight excluding hydrogens is 414 g/mol. The number of nitrogens with zero attached hydrogens (tertiary/aromatic N) is 1. The third kappa shape index (κ3) is 4.67. The standard InChI is InChI=1S/C28H25NO4/c30-25(31)18-32-24-13-7-12-21(17-24)22-14-15-23(16-22)28-29-26(19-8-3-1-4-9-19)27(33-28)20-10-5-2-6-11-20/h1-13,17,22-23H,14-16,18H2,(H,30,31). The second-order valence-corrected chi connectivity index (χ2v) is 8.42. The van der Waals surface area contributed by atoms with Crippen molar-refractivity contribution in [2.75, 3.05) is 6.61 Å². The smallest absolute Gasteiger partial charge is 0.341 e. The van der Waals surface area contributed by atoms with Gasteiger partial charge in [-0.3, -0.25) is 0 Å². The molecule has 1 aliphatic rings. The third-order valence-electron chi connectivity index (χ3n) is 6.20. The van der Waals surface area contributed by atoms with Crippen molar-refractivity contribution in [3.05, 3.63) is 96.4 Å². The second kappa shape index (κ2) is 9.33. The van der Waals surface area contributed by atoms with E-state index in [-0.39, 0.29) is 12.5 Å². The van der Waals surface area contributed by atoms with Crippen LogP contribution in [0.2, 0.25) is 0 Å². The van der Waals surface area contributed by atoms with Gasteiger partial charge in [0.05, 0.1) is 0 Å². The number of hydrogen-bond acceptors (Lipinski definition) is 4. The van der Waals surface area contributed by atoms with E-state index in [9.17, 15) is 4.79 Å². The monoisotopic (exact) mass is 439 g/mol. The van der Waals surface area contributed by atoms with Gasteiger partial charge in [0.2, 0.25) is 0 Å². The minimum atomic E-state index is -0.978. The number of rotatable bonds is 7. The zero-order valence-corrected chi connectivity index (χ0v) is 18.2. The van der Waals surface area contributed by atoms with E-state index in [1.165, 1.54) is 5.56 Å². The quantitative estimate of drug-likeness (QED) is 0.355. The molecule has 1 saturated carbocycles. The summed E-state index contributed by atoms with van der Waals surface area (Å²) in [5.41, 5.74) is 4.11. The van der Waals surface area contributed by atoms with Crippen LogP contribution in [0.15, 0.2) is 89.3 Å². The van der Waals surface area contributed by atoms with Gasteiger partial charge in [0.25, 0.3) is 0 Å². The molecule has 4 aromatic rings. The lowest BCUT2D eigenvalue weighted by molar-refractivity contribution is -0.139. The van der Waals surface area contributed by atoms with E-state index in [4.69, 9.17) is 19.2 Å². The molecule has 33 heavy (non-hydrogen) atoms. The van der Waals surface area contributed by atoms with Crippen molar-refractivity contribution in [2.24, 2.45) is 0 Å². The Morgan fingerprint density at radius 1 is 0.909 bits per heavy atom. The Kier molecular flexibility index (Phi) is 5.94. The lowest BCUT2D eigenvalue weighted by Crippen LogP contribution is -2.09. The molecule has 5 nitrogen and oxygen atoms in total. The molecule has 0 saturated heterocycles. The first-order valence-corrected chi connectivity index (χ1v) is 11.2. The zero-order chi connectivity index (χ0) is 22.6. The van der Waals surface area contributed by atoms with Gasteiger partial charge in [0, 0.05) is 17.0 Å². The fraction of sp³-hybridized carbons (Fsp3) is 0.214. The summed E-state index contributed by atoms with van der Waals surface area (Å²) in [6.45, 7) is -0.336. The molecule has 1 N–H and O–H groups in total. The largest absolute Gasteiger partial charge is 0.482 e. The van der Waals surface area contributed by atoms with E-state index < -0.39 is 5.97 Å². The van der Waals surface area contributed by atoms with E-state index in [0.717, 1.165) is 47.7 Å². The SMILES string of the molecule is O=C(O)COc1cccc(C2CCC(c3nc(-c4ccccc4)c(-c4ccccc4)o3)C2)c1. The topological polar surface area (TPSA) is 72.6 Å². The summed E-state index contributed by atoms with van der Waals surface area (Å²) in [5, 5.41) is 8.86. The Labute approximate surface area is 192 Å². The summed E-state index contributed by atoms with van der Waals surface area (Å²) in [7, 11) is 0. The highest BCUT2D eigenvalue weighted by Crippen LogP contribution is 2.46. The van der Waals surface area contributed by atoms with Crippen molar-refractivity contribution >= 4 is 5.97 Å². The van der Waals surface area contributed by atoms with Crippen molar-refractivity contribution in [3.63, 3.8) is 0 Å². The first-order chi connectivity index (χ1) is 16.2. The maximum atomic E-state index is 10.8. The Morgan fingerprint density at radius 3 is 2.33 bits per heavy atom. The van der Waals surface area contributed by atoms with Crippen LogP contribution in [0.4, 0.5) is 0 Å². The summed E-state index contributed by atoms with van der Waals surface area (Å²) in [6.07, 6.45) is 2.95. The Balaban J connectivity index is 1.40. The van der Waals surface area contributed by atoms with Gasteiger partial charge >= 0.3 is 5.97 Å². The van der Waals surface area contributed by atoms with Crippen LogP contribution in [0.3, 0.4) is 0 Å². The maximum absolute atomic E-state index is 10.8. The van der Waals surface area contributed by atoms with E-state index in [1.54, 1.807) is 6.07 Å². The molecule has 2 atom stereocenters. The molecule has 1 aromatic heterocycles. The molecule has 1 fully saturated rings. The Morgan fingerprint density at radius 2 is 1.61 bits per heavy atom. The fourth-order valence-electron chi connectivity index (χ4n) is 4.60. The van der Waals surface area contributed by atoms with Gasteiger partial charge in [-0.15, -0.1) is 0 Å². The highest BCUT2D eigenvalue weighted by atomic mass is 16.5. The van der Waals surface area contributed by atoms with Gasteiger partial charge in [-0.1, -0.05) is 72.8 Å². The predicted molar refractivity (Wildman–Crippen MR) is 126 cm³/mol. The number of carboxylic acids is 1. The van der Waals surface area contributed by atoms with E-state index in [2.05, 4.69) is 30.3 Å². The van der Waals surface area contributed by atoms with Gasteiger partial charge in [0.15, 0.2) is 18.3 Å². The highest BCUT2D eigenvalue weighted by molar-refractivity contribution is 5.76. The van der Waals surface area contributed by atoms with Crippen LogP contribution in [-0.4, -0.2) is 22.7 Å². The van der Waals surface area contributed by atoms with E-state index in [0.29, 0.717) is 11.7 Å². The fourth-order valence-corrected chi connectivity index (χ4v) is 4.60. The average molecular weight is 440 g/mol. The van der Waals surface area contributed by atoms with E-state index in [1.807, 2.05) is 48.5 Å². The molecule has 1 aliphatic carbocycles. The van der Waals surface area contributed by atoms with Crippen molar-refractivity contribution < 1.29 is 19.1 Å². The highest BCUT2D eigenvalue weighted by Gasteiger charge is 2.32. The van der Waals surface area contributed by atoms with Gasteiger partial charge < -0.3 is 14.3 Å². The van der Waals surface area contributed by atoms with Crippen molar-refractivity contribution in [1.82, 2.24) is 4.98 Å². The number of benzene rings is 3. The molecule has 2 unspecified atom stereocenters. The normalized spacial score (nSPS) is 17.7. The molecule has 166 valence electrons. The number of hydrogen-bond donors (Lipinski definition) is 1. The molecule has 5 heteroatoms. The number of aromatic nitrogens is 1. The summed E-state index contributed by atoms with van der Waals surface area (Å²) in [6, 6.07) is 28.0. The molecule has 1 heterocycles. The number of oxazole rings is 1. The van der Waals surface area contributed by atoms with Gasteiger partial charge in [-0.25, -0.2) is 9.78 Å². The van der Waals surface area contributed by atoms with Crippen LogP contribution >= 0.6 is 0 Å². The predicted octanol–water partition coefficient (Wildman–Crippen LogP) is 6.52. The lowest BCUT2D eigenvalue weighted by Gasteiger charge is -2.12. The number of aliphatic carboxylic acids is 1. The van der Waals surface area contributed by atoms with E-state index >= 15 is 0 Å². The third-order valence-corrected chi connectivity index (χ3v) is 6.20. The van der Waals surface area contributed by atoms with Crippen molar-refractivity contribution in [3.8, 4) is 28.3 Å². The lowest BCUT2D eigenvalue weighted by atomic mass is 9.96. The second-order valence-electron chi connectivity index (χ2n) is 8.42. The van der Waals surface area contributed by atoms with Crippen molar-refractivity contribution in [1.29, 1.82) is 0 Å². The number of ether oxygens (including phenoxy) is 1. The summed E-state index contributed by atoms with van der Waals surface area (Å²) in [4.78, 5) is 15.8. The van der Waals surface area contributed by atoms with Crippen LogP contribution in [0, 0.1) is 0 Å². The summed E-state index contributed by atoms with van der Waals surface area (Å²) < 4.78 is 11.8. The molecule has 3 aromatic carbocycles. The van der Waals surface area contributed by atoms with Gasteiger partial charge in [-0.2, -0.15) is 0 Å². The molecule has 0 bridgehead atoms. The van der Waals surface area contributed by atoms with Crippen LogP contribution < -0.4 is 4.74 Å². The van der Waals surface area contributed by atoms with Gasteiger partial charge in [-0.05, 0) is 42.9 Å². The van der Waals surface area contributed by atoms with Crippen molar-refractivity contribution in [2.45, 2.75) is 31.1 Å². The minimum absolute atomic E-state index is 0.235. The maximum Gasteiger partial charge on any atom is 0.341 e. The number of carbonyl (C=O) groups is 1. The average Bonchev–Trinajstić information content (AvgIpc) is 3.52. The van der Waals surface area contributed by atoms with Crippen LogP contribution in [0.1, 0.15) is 42.6 Å². The Hall–Kier alpha value is -3.86. The minimum Gasteiger partial charge on any atom is -0.482 e. The summed E-state index contributed by atoms with van der Waals surface area (Å²) in [5.74, 6) is 1.80. The molecule has 0 amide bonds. The molecular formula is C28H25NO4. The summed E-state index contributed by atoms with van der Waals surface area (Å²) >= 11 is 0. The molecule has 0 aliphatic heterocycles. The first kappa shape index (κ1) is 21.0. The van der Waals surface area contributed by atoms with Crippen LogP contribution in [0.5, 0.6) is 5.75 Å². The van der Waals surface area contributed by atoms with Crippen LogP contribution in [-0.2, 0) is 4.79 Å².